The van der Waals surface area contributed by atoms with Gasteiger partial charge < -0.3 is 4.90 Å². The second-order valence-electron chi connectivity index (χ2n) is 4.42. The van der Waals surface area contributed by atoms with Gasteiger partial charge >= 0.3 is 0 Å². The first kappa shape index (κ1) is 12.3. The monoisotopic (exact) mass is 278 g/mol. The van der Waals surface area contributed by atoms with Crippen LogP contribution in [0.15, 0.2) is 6.07 Å². The summed E-state index contributed by atoms with van der Waals surface area (Å²) in [6.07, 6.45) is 1.28. The van der Waals surface area contributed by atoms with Gasteiger partial charge in [-0.25, -0.2) is 4.98 Å². The van der Waals surface area contributed by atoms with Crippen molar-refractivity contribution >= 4 is 40.6 Å². The van der Waals surface area contributed by atoms with Gasteiger partial charge in [-0.3, -0.25) is 0 Å². The molecule has 1 fully saturated rings. The van der Waals surface area contributed by atoms with Crippen molar-refractivity contribution in [2.24, 2.45) is 11.8 Å². The summed E-state index contributed by atoms with van der Waals surface area (Å²) in [7, 11) is 1.98. The highest BCUT2D eigenvalue weighted by Gasteiger charge is 2.33. The molecule has 0 radical (unpaired) electrons. The Bertz CT molecular complexity index is 408. The number of rotatable bonds is 3. The van der Waals surface area contributed by atoms with Gasteiger partial charge in [-0.05, 0) is 24.3 Å². The van der Waals surface area contributed by atoms with Gasteiger partial charge in [0.25, 0.3) is 0 Å². The van der Waals surface area contributed by atoms with E-state index in [9.17, 15) is 0 Å². The van der Waals surface area contributed by atoms with Crippen molar-refractivity contribution in [2.75, 3.05) is 18.5 Å². The minimum absolute atomic E-state index is 0.303. The van der Waals surface area contributed by atoms with E-state index in [0.717, 1.165) is 18.4 Å². The molecule has 1 aromatic rings. The van der Waals surface area contributed by atoms with E-state index in [4.69, 9.17) is 34.8 Å². The number of halogens is 3. The van der Waals surface area contributed by atoms with Crippen LogP contribution in [0.3, 0.4) is 0 Å². The van der Waals surface area contributed by atoms with E-state index in [2.05, 4.69) is 11.9 Å². The van der Waals surface area contributed by atoms with E-state index in [-0.39, 0.29) is 0 Å². The third kappa shape index (κ3) is 2.55. The van der Waals surface area contributed by atoms with Gasteiger partial charge in [0.05, 0.1) is 10.0 Å². The average Bonchev–Trinajstić information content (AvgIpc) is 2.87. The molecule has 0 saturated heterocycles. The lowest BCUT2D eigenvalue weighted by Gasteiger charge is -2.19. The van der Waals surface area contributed by atoms with E-state index in [0.29, 0.717) is 21.0 Å². The molecule has 0 amide bonds. The van der Waals surface area contributed by atoms with Crippen LogP contribution < -0.4 is 4.90 Å². The number of nitrogens with zero attached hydrogens (tertiary/aromatic N) is 2. The topological polar surface area (TPSA) is 16.1 Å². The zero-order chi connectivity index (χ0) is 11.9. The quantitative estimate of drug-likeness (QED) is 0.773. The molecule has 2 rings (SSSR count). The van der Waals surface area contributed by atoms with Crippen molar-refractivity contribution in [1.82, 2.24) is 4.98 Å². The van der Waals surface area contributed by atoms with Crippen molar-refractivity contribution in [3.05, 3.63) is 21.3 Å². The Morgan fingerprint density at radius 1 is 1.38 bits per heavy atom. The first-order valence-corrected chi connectivity index (χ1v) is 6.35. The predicted octanol–water partition coefficient (Wildman–Crippen LogP) is 4.13. The first-order chi connectivity index (χ1) is 7.49. The Hall–Kier alpha value is -0.180. The molecule has 1 heterocycles. The molecule has 0 aliphatic heterocycles. The maximum absolute atomic E-state index is 6.09. The van der Waals surface area contributed by atoms with E-state index in [1.807, 2.05) is 11.9 Å². The van der Waals surface area contributed by atoms with E-state index in [1.165, 1.54) is 6.42 Å². The molecule has 1 aromatic heterocycles. The SMILES string of the molecule is CC1CC1CN(C)c1nc(Cl)c(Cl)cc1Cl. The molecule has 2 atom stereocenters. The Morgan fingerprint density at radius 2 is 2.00 bits per heavy atom. The Labute approximate surface area is 111 Å². The van der Waals surface area contributed by atoms with Gasteiger partial charge in [-0.1, -0.05) is 41.7 Å². The van der Waals surface area contributed by atoms with Gasteiger partial charge in [0.2, 0.25) is 0 Å². The van der Waals surface area contributed by atoms with E-state index < -0.39 is 0 Å². The lowest BCUT2D eigenvalue weighted by Crippen LogP contribution is -2.22. The molecule has 5 heteroatoms. The largest absolute Gasteiger partial charge is 0.358 e. The molecule has 2 unspecified atom stereocenters. The van der Waals surface area contributed by atoms with Crippen LogP contribution in [0.4, 0.5) is 5.82 Å². The van der Waals surface area contributed by atoms with Crippen LogP contribution in [0.1, 0.15) is 13.3 Å². The molecular weight excluding hydrogens is 266 g/mol. The van der Waals surface area contributed by atoms with Crippen molar-refractivity contribution in [3.8, 4) is 0 Å². The van der Waals surface area contributed by atoms with Gasteiger partial charge in [-0.15, -0.1) is 0 Å². The summed E-state index contributed by atoms with van der Waals surface area (Å²) in [6.45, 7) is 3.22. The molecule has 1 aliphatic rings. The first-order valence-electron chi connectivity index (χ1n) is 5.21. The molecule has 1 aliphatic carbocycles. The van der Waals surface area contributed by atoms with Crippen molar-refractivity contribution in [2.45, 2.75) is 13.3 Å². The van der Waals surface area contributed by atoms with Crippen molar-refractivity contribution < 1.29 is 0 Å². The minimum atomic E-state index is 0.303. The number of pyridine rings is 1. The zero-order valence-electron chi connectivity index (χ0n) is 9.17. The maximum Gasteiger partial charge on any atom is 0.150 e. The fourth-order valence-corrected chi connectivity index (χ4v) is 2.43. The summed E-state index contributed by atoms with van der Waals surface area (Å²) < 4.78 is 0. The second-order valence-corrected chi connectivity index (χ2v) is 5.59. The van der Waals surface area contributed by atoms with Crippen LogP contribution >= 0.6 is 34.8 Å². The molecule has 0 aromatic carbocycles. The Balaban J connectivity index is 2.15. The van der Waals surface area contributed by atoms with Crippen LogP contribution in [0.25, 0.3) is 0 Å². The lowest BCUT2D eigenvalue weighted by molar-refractivity contribution is 0.719. The van der Waals surface area contributed by atoms with Gasteiger partial charge in [0, 0.05) is 13.6 Å². The second kappa shape index (κ2) is 4.59. The van der Waals surface area contributed by atoms with Crippen LogP contribution in [-0.4, -0.2) is 18.6 Å². The Kier molecular flexibility index (Phi) is 3.53. The molecule has 0 N–H and O–H groups in total. The molecule has 0 bridgehead atoms. The molecule has 0 spiro atoms. The molecule has 2 nitrogen and oxygen atoms in total. The summed E-state index contributed by atoms with van der Waals surface area (Å²) in [5.74, 6) is 2.26. The van der Waals surface area contributed by atoms with Crippen molar-refractivity contribution in [3.63, 3.8) is 0 Å². The van der Waals surface area contributed by atoms with Crippen LogP contribution in [0, 0.1) is 11.8 Å². The standard InChI is InChI=1S/C11H13Cl3N2/c1-6-3-7(6)5-16(2)11-9(13)4-8(12)10(14)15-11/h4,6-7H,3,5H2,1-2H3. The number of hydrogen-bond acceptors (Lipinski definition) is 2. The number of hydrogen-bond donors (Lipinski definition) is 0. The summed E-state index contributed by atoms with van der Waals surface area (Å²) in [4.78, 5) is 6.25. The van der Waals surface area contributed by atoms with Gasteiger partial charge in [-0.2, -0.15) is 0 Å². The highest BCUT2D eigenvalue weighted by molar-refractivity contribution is 6.42. The fourth-order valence-electron chi connectivity index (χ4n) is 1.79. The molecule has 16 heavy (non-hydrogen) atoms. The zero-order valence-corrected chi connectivity index (χ0v) is 11.4. The van der Waals surface area contributed by atoms with Crippen molar-refractivity contribution in [1.29, 1.82) is 0 Å². The smallest absolute Gasteiger partial charge is 0.150 e. The minimum Gasteiger partial charge on any atom is -0.358 e. The summed E-state index contributed by atoms with van der Waals surface area (Å²) in [6, 6.07) is 1.64. The highest BCUT2D eigenvalue weighted by Crippen LogP contribution is 2.39. The summed E-state index contributed by atoms with van der Waals surface area (Å²) in [5.41, 5.74) is 0. The van der Waals surface area contributed by atoms with Gasteiger partial charge in [0.1, 0.15) is 11.0 Å². The predicted molar refractivity (Wildman–Crippen MR) is 69.8 cm³/mol. The van der Waals surface area contributed by atoms with E-state index >= 15 is 0 Å². The van der Waals surface area contributed by atoms with Gasteiger partial charge in [0.15, 0.2) is 0 Å². The third-order valence-corrected chi connectivity index (χ3v) is 3.97. The summed E-state index contributed by atoms with van der Waals surface area (Å²) in [5, 5.41) is 1.24. The average molecular weight is 280 g/mol. The molecular formula is C11H13Cl3N2. The number of anilines is 1. The Morgan fingerprint density at radius 3 is 2.56 bits per heavy atom. The molecule has 88 valence electrons. The van der Waals surface area contributed by atoms with Crippen LogP contribution in [-0.2, 0) is 0 Å². The van der Waals surface area contributed by atoms with Crippen LogP contribution in [0.2, 0.25) is 15.2 Å². The molecule has 1 saturated carbocycles. The van der Waals surface area contributed by atoms with E-state index in [1.54, 1.807) is 6.07 Å². The third-order valence-electron chi connectivity index (χ3n) is 3.01. The highest BCUT2D eigenvalue weighted by atomic mass is 35.5. The lowest BCUT2D eigenvalue weighted by atomic mass is 10.3. The summed E-state index contributed by atoms with van der Waals surface area (Å²) >= 11 is 17.8. The normalized spacial score (nSPS) is 23.3. The maximum atomic E-state index is 6.09. The number of aromatic nitrogens is 1. The van der Waals surface area contributed by atoms with Crippen LogP contribution in [0.5, 0.6) is 0 Å². The fraction of sp³-hybridized carbons (Fsp3) is 0.545.